The monoisotopic (exact) mass is 391 g/mol. The fourth-order valence-electron chi connectivity index (χ4n) is 4.32. The highest BCUT2D eigenvalue weighted by atomic mass is 127. The summed E-state index contributed by atoms with van der Waals surface area (Å²) in [5.41, 5.74) is 0.445. The molecule has 4 rings (SSSR count). The van der Waals surface area contributed by atoms with E-state index in [1.165, 1.54) is 38.5 Å². The van der Waals surface area contributed by atoms with Gasteiger partial charge in [-0.1, -0.05) is 6.42 Å². The lowest BCUT2D eigenvalue weighted by atomic mass is 9.46. The number of rotatable bonds is 3. The van der Waals surface area contributed by atoms with Crippen LogP contribution in [0.15, 0.2) is 4.99 Å². The summed E-state index contributed by atoms with van der Waals surface area (Å²) >= 11 is 0. The average molecular weight is 391 g/mol. The fourth-order valence-corrected chi connectivity index (χ4v) is 4.32. The minimum absolute atomic E-state index is 0. The van der Waals surface area contributed by atoms with Gasteiger partial charge < -0.3 is 15.4 Å². The van der Waals surface area contributed by atoms with E-state index in [1.807, 2.05) is 0 Å². The third-order valence-corrected chi connectivity index (χ3v) is 5.56. The van der Waals surface area contributed by atoms with E-state index >= 15 is 0 Å². The van der Waals surface area contributed by atoms with Gasteiger partial charge in [-0.05, 0) is 39.0 Å². The largest absolute Gasteiger partial charge is 0.377 e. The van der Waals surface area contributed by atoms with Gasteiger partial charge in [0.25, 0.3) is 0 Å². The molecule has 20 heavy (non-hydrogen) atoms. The van der Waals surface area contributed by atoms with Crippen LogP contribution in [-0.4, -0.2) is 37.3 Å². The summed E-state index contributed by atoms with van der Waals surface area (Å²) in [7, 11) is 0. The van der Waals surface area contributed by atoms with Gasteiger partial charge in [0, 0.05) is 36.6 Å². The molecule has 0 aromatic carbocycles. The number of nitrogens with zero attached hydrogens (tertiary/aromatic N) is 1. The highest BCUT2D eigenvalue weighted by Crippen LogP contribution is 2.62. The third kappa shape index (κ3) is 2.25. The molecule has 1 heterocycles. The summed E-state index contributed by atoms with van der Waals surface area (Å²) in [6, 6.07) is 1.27. The molecule has 0 radical (unpaired) electrons. The average Bonchev–Trinajstić information content (AvgIpc) is 3.04. The van der Waals surface area contributed by atoms with E-state index in [-0.39, 0.29) is 24.0 Å². The van der Waals surface area contributed by atoms with Gasteiger partial charge in [-0.15, -0.1) is 24.0 Å². The molecule has 1 aliphatic heterocycles. The normalized spacial score (nSPS) is 37.5. The van der Waals surface area contributed by atoms with E-state index in [1.54, 1.807) is 0 Å². The van der Waals surface area contributed by atoms with Crippen LogP contribution >= 0.6 is 24.0 Å². The van der Waals surface area contributed by atoms with Crippen LogP contribution in [0.2, 0.25) is 0 Å². The molecular weight excluding hydrogens is 365 g/mol. The predicted molar refractivity (Wildman–Crippen MR) is 90.6 cm³/mol. The molecule has 4 aliphatic rings. The van der Waals surface area contributed by atoms with E-state index in [0.717, 1.165) is 25.0 Å². The zero-order valence-corrected chi connectivity index (χ0v) is 14.6. The number of ether oxygens (including phenoxy) is 1. The number of nitrogens with one attached hydrogen (secondary N) is 2. The Balaban J connectivity index is 0.00000121. The maximum absolute atomic E-state index is 5.97. The van der Waals surface area contributed by atoms with Crippen molar-refractivity contribution in [3.8, 4) is 0 Å². The van der Waals surface area contributed by atoms with Crippen LogP contribution in [0, 0.1) is 11.3 Å². The molecule has 114 valence electrons. The quantitative estimate of drug-likeness (QED) is 0.441. The van der Waals surface area contributed by atoms with E-state index in [0.29, 0.717) is 23.6 Å². The van der Waals surface area contributed by atoms with E-state index in [9.17, 15) is 0 Å². The predicted octanol–water partition coefficient (Wildman–Crippen LogP) is 2.28. The summed E-state index contributed by atoms with van der Waals surface area (Å²) < 4.78 is 5.97. The van der Waals surface area contributed by atoms with Gasteiger partial charge >= 0.3 is 0 Å². The number of fused-ring (bicyclic) bond motifs is 2. The number of halogens is 1. The molecule has 3 unspecified atom stereocenters. The molecule has 2 N–H and O–H groups in total. The number of hydrogen-bond donors (Lipinski definition) is 2. The van der Waals surface area contributed by atoms with Gasteiger partial charge in [0.1, 0.15) is 0 Å². The molecular formula is C15H26IN3O. The molecule has 1 saturated heterocycles. The Morgan fingerprint density at radius 3 is 2.65 bits per heavy atom. The second kappa shape index (κ2) is 5.63. The first-order valence-electron chi connectivity index (χ1n) is 8.02. The maximum atomic E-state index is 5.97. The van der Waals surface area contributed by atoms with Crippen molar-refractivity contribution in [2.45, 2.75) is 63.6 Å². The van der Waals surface area contributed by atoms with Gasteiger partial charge in [-0.3, -0.25) is 4.99 Å². The highest BCUT2D eigenvalue weighted by Gasteiger charge is 2.66. The lowest BCUT2D eigenvalue weighted by Crippen LogP contribution is -2.72. The van der Waals surface area contributed by atoms with Crippen molar-refractivity contribution in [3.05, 3.63) is 0 Å². The minimum atomic E-state index is 0. The molecule has 0 aromatic heterocycles. The lowest BCUT2D eigenvalue weighted by Gasteiger charge is -2.63. The van der Waals surface area contributed by atoms with Crippen molar-refractivity contribution < 1.29 is 4.74 Å². The Morgan fingerprint density at radius 1 is 1.25 bits per heavy atom. The van der Waals surface area contributed by atoms with Crippen molar-refractivity contribution in [2.75, 3.05) is 13.2 Å². The van der Waals surface area contributed by atoms with Crippen LogP contribution in [-0.2, 0) is 4.74 Å². The summed E-state index contributed by atoms with van der Waals surface area (Å²) in [5, 5.41) is 7.30. The van der Waals surface area contributed by atoms with Crippen molar-refractivity contribution in [2.24, 2.45) is 16.3 Å². The number of guanidine groups is 1. The Labute approximate surface area is 138 Å². The highest BCUT2D eigenvalue weighted by molar-refractivity contribution is 14.0. The summed E-state index contributed by atoms with van der Waals surface area (Å²) in [6.45, 7) is 3.93. The Morgan fingerprint density at radius 2 is 2.05 bits per heavy atom. The molecule has 3 aliphatic carbocycles. The van der Waals surface area contributed by atoms with Gasteiger partial charge in [-0.2, -0.15) is 0 Å². The zero-order valence-electron chi connectivity index (χ0n) is 12.2. The summed E-state index contributed by atoms with van der Waals surface area (Å²) in [4.78, 5) is 4.62. The minimum Gasteiger partial charge on any atom is -0.377 e. The Kier molecular flexibility index (Phi) is 4.19. The van der Waals surface area contributed by atoms with Crippen LogP contribution in [0.1, 0.15) is 45.4 Å². The summed E-state index contributed by atoms with van der Waals surface area (Å²) in [6.07, 6.45) is 8.43. The molecule has 3 saturated carbocycles. The second-order valence-corrected chi connectivity index (χ2v) is 6.69. The number of hydrogen-bond acceptors (Lipinski definition) is 2. The SMILES string of the molecule is CCN=C(NC1CC1)NC1C2CCOC2C12CCC2.I. The molecule has 3 atom stereocenters. The van der Waals surface area contributed by atoms with Crippen molar-refractivity contribution >= 4 is 29.9 Å². The van der Waals surface area contributed by atoms with E-state index < -0.39 is 0 Å². The molecule has 5 heteroatoms. The van der Waals surface area contributed by atoms with Gasteiger partial charge in [-0.25, -0.2) is 0 Å². The van der Waals surface area contributed by atoms with Crippen LogP contribution in [0.3, 0.4) is 0 Å². The Bertz CT molecular complexity index is 393. The summed E-state index contributed by atoms with van der Waals surface area (Å²) in [5.74, 6) is 1.77. The van der Waals surface area contributed by atoms with E-state index in [4.69, 9.17) is 4.74 Å². The molecule has 0 aromatic rings. The third-order valence-electron chi connectivity index (χ3n) is 5.56. The second-order valence-electron chi connectivity index (χ2n) is 6.69. The molecule has 0 bridgehead atoms. The standard InChI is InChI=1S/C15H25N3O.HI/c1-2-16-14(17-10-4-5-10)18-12-11-6-9-19-13(11)15(12)7-3-8-15;/h10-13H,2-9H2,1H3,(H2,16,17,18);1H. The van der Waals surface area contributed by atoms with Crippen LogP contribution in [0.25, 0.3) is 0 Å². The number of aliphatic imine (C=N–C) groups is 1. The first-order valence-corrected chi connectivity index (χ1v) is 8.02. The smallest absolute Gasteiger partial charge is 0.191 e. The maximum Gasteiger partial charge on any atom is 0.191 e. The molecule has 0 amide bonds. The molecule has 1 spiro atoms. The topological polar surface area (TPSA) is 45.7 Å². The fraction of sp³-hybridized carbons (Fsp3) is 0.933. The van der Waals surface area contributed by atoms with Crippen molar-refractivity contribution in [3.63, 3.8) is 0 Å². The van der Waals surface area contributed by atoms with Crippen LogP contribution in [0.4, 0.5) is 0 Å². The molecule has 4 nitrogen and oxygen atoms in total. The zero-order chi connectivity index (χ0) is 12.9. The van der Waals surface area contributed by atoms with Crippen molar-refractivity contribution in [1.29, 1.82) is 0 Å². The van der Waals surface area contributed by atoms with Gasteiger partial charge in [0.05, 0.1) is 6.10 Å². The van der Waals surface area contributed by atoms with Gasteiger partial charge in [0.15, 0.2) is 5.96 Å². The first-order chi connectivity index (χ1) is 9.33. The van der Waals surface area contributed by atoms with Crippen LogP contribution in [0.5, 0.6) is 0 Å². The molecule has 4 fully saturated rings. The van der Waals surface area contributed by atoms with E-state index in [2.05, 4.69) is 22.5 Å². The lowest BCUT2D eigenvalue weighted by molar-refractivity contribution is -0.171. The van der Waals surface area contributed by atoms with Crippen LogP contribution < -0.4 is 10.6 Å². The van der Waals surface area contributed by atoms with Crippen molar-refractivity contribution in [1.82, 2.24) is 10.6 Å². The first kappa shape index (κ1) is 14.9. The van der Waals surface area contributed by atoms with Gasteiger partial charge in [0.2, 0.25) is 0 Å². The Hall–Kier alpha value is -0.0400.